The minimum atomic E-state index is 0. The number of ether oxygens (including phenoxy) is 1. The van der Waals surface area contributed by atoms with Crippen LogP contribution in [0.25, 0.3) is 0 Å². The Hall–Kier alpha value is 2.52. The molecule has 43 valence electrons. The van der Waals surface area contributed by atoms with Crippen LogP contribution in [0.5, 0.6) is 0 Å². The molecule has 0 aliphatic rings. The van der Waals surface area contributed by atoms with Gasteiger partial charge in [0, 0.05) is 69.9 Å². The molecule has 0 bridgehead atoms. The van der Waals surface area contributed by atoms with E-state index in [1.54, 1.807) is 6.92 Å². The zero-order chi connectivity index (χ0) is 5.41. The molecule has 0 fully saturated rings. The van der Waals surface area contributed by atoms with Crippen LogP contribution in [0.3, 0.4) is 0 Å². The van der Waals surface area contributed by atoms with E-state index < -0.39 is 0 Å². The molecule has 0 unspecified atom stereocenters. The fraction of sp³-hybridized carbons (Fsp3) is 0.333. The maximum Gasteiger partial charge on any atom is 0 e. The predicted molar refractivity (Wildman–Crippen MR) is 44.5 cm³/mol. The second-order valence-corrected chi connectivity index (χ2v) is 0.402. The summed E-state index contributed by atoms with van der Waals surface area (Å²) in [5, 5.41) is 0. The van der Waals surface area contributed by atoms with Crippen molar-refractivity contribution in [2.75, 3.05) is 0 Å². The van der Waals surface area contributed by atoms with Crippen LogP contribution in [-0.2, 0) is 37.4 Å². The molecule has 1 nitrogen and oxygen atoms in total. The summed E-state index contributed by atoms with van der Waals surface area (Å²) in [6.45, 7) is 3.28. The van der Waals surface area contributed by atoms with Crippen molar-refractivity contribution in [3.8, 4) is 0 Å². The van der Waals surface area contributed by atoms with Gasteiger partial charge in [-0.15, -0.1) is 0 Å². The molecule has 7 heavy (non-hydrogen) atoms. The van der Waals surface area contributed by atoms with Crippen molar-refractivity contribution in [2.45, 2.75) is 6.92 Å². The quantitative estimate of drug-likeness (QED) is 0.486. The Kier molecular flexibility index (Phi) is 54.8. The number of hydrogen-bond donors (Lipinski definition) is 0. The first-order chi connectivity index (χ1) is 2.91. The first-order valence-corrected chi connectivity index (χ1v) is 7.53. The van der Waals surface area contributed by atoms with Gasteiger partial charge in [0.15, 0.2) is 0 Å². The second kappa shape index (κ2) is 23.6. The zero-order valence-corrected chi connectivity index (χ0v) is 11.2. The molecule has 4 heteroatoms. The van der Waals surface area contributed by atoms with Crippen LogP contribution in [0.4, 0.5) is 0 Å². The molecule has 0 N–H and O–H groups in total. The Morgan fingerprint density at radius 1 is 1.57 bits per heavy atom. The minimum Gasteiger partial charge on any atom is -0.717 e. The first-order valence-electron chi connectivity index (χ1n) is 1.24. The molecule has 0 aromatic carbocycles. The van der Waals surface area contributed by atoms with Crippen LogP contribution in [-0.4, -0.2) is 0 Å². The van der Waals surface area contributed by atoms with Crippen molar-refractivity contribution in [3.63, 3.8) is 0 Å². The van der Waals surface area contributed by atoms with Gasteiger partial charge >= 0.3 is 0 Å². The van der Waals surface area contributed by atoms with Crippen molar-refractivity contribution in [1.82, 2.24) is 0 Å². The molecule has 0 amide bonds. The molecule has 0 saturated heterocycles. The van der Waals surface area contributed by atoms with E-state index >= 15 is 0 Å². The topological polar surface area (TPSA) is 9.23 Å². The van der Waals surface area contributed by atoms with Crippen molar-refractivity contribution in [2.24, 2.45) is 0 Å². The largest absolute Gasteiger partial charge is 0.717 e. The Morgan fingerprint density at radius 2 is 1.71 bits per heavy atom. The maximum atomic E-state index is 4.17. The summed E-state index contributed by atoms with van der Waals surface area (Å²) in [7, 11) is 3.05. The van der Waals surface area contributed by atoms with Gasteiger partial charge in [-0.1, -0.05) is 0 Å². The minimum absolute atomic E-state index is 0. The maximum absolute atomic E-state index is 4.17. The Balaban J connectivity index is -0.0000000480. The predicted octanol–water partition coefficient (Wildman–Crippen LogP) is 2.75. The van der Waals surface area contributed by atoms with Crippen molar-refractivity contribution < 1.29 is 37.4 Å². The first kappa shape index (κ1) is 16.3. The summed E-state index contributed by atoms with van der Waals surface area (Å²) >= 11 is 4.24. The number of rotatable bonds is 1. The van der Waals surface area contributed by atoms with E-state index in [1.807, 2.05) is 0 Å². The van der Waals surface area contributed by atoms with Crippen LogP contribution < -0.4 is 0 Å². The molecule has 0 aliphatic carbocycles. The summed E-state index contributed by atoms with van der Waals surface area (Å²) in [5.74, 6) is 0. The molecule has 0 spiro atoms. The van der Waals surface area contributed by atoms with Crippen LogP contribution in [0.1, 0.15) is 6.92 Å². The average molecular weight is 401 g/mol. The van der Waals surface area contributed by atoms with Gasteiger partial charge in [0.1, 0.15) is 0 Å². The molecule has 0 aromatic heterocycles. The normalized spacial score (nSPS) is 5.14. The van der Waals surface area contributed by atoms with Crippen molar-refractivity contribution >= 4 is 37.2 Å². The van der Waals surface area contributed by atoms with E-state index in [2.05, 4.69) is 49.1 Å². The molecule has 0 aromatic rings. The summed E-state index contributed by atoms with van der Waals surface area (Å²) in [4.78, 5) is 0. The van der Waals surface area contributed by atoms with Gasteiger partial charge in [-0.2, -0.15) is 6.92 Å². The summed E-state index contributed by atoms with van der Waals surface area (Å²) in [6, 6.07) is 0. The molecule has 1 radical (unpaired) electrons. The fourth-order valence-corrected chi connectivity index (χ4v) is 0. The third-order valence-corrected chi connectivity index (χ3v) is 0.167. The van der Waals surface area contributed by atoms with Gasteiger partial charge in [-0.25, -0.2) is 0 Å². The standard InChI is InChI=1S/C3H6O.I2.Y/c1-3-4-2;1-2;/h3H,2H2,1H3;;/q-2;;. The van der Waals surface area contributed by atoms with E-state index in [-0.39, 0.29) is 32.7 Å². The van der Waals surface area contributed by atoms with Gasteiger partial charge in [0.25, 0.3) is 0 Å². The SMILES string of the molecule is II.[CH2-]O[CH-]C.[Y]. The van der Waals surface area contributed by atoms with Crippen molar-refractivity contribution in [1.29, 1.82) is 0 Å². The molecule has 0 saturated carbocycles. The van der Waals surface area contributed by atoms with Crippen LogP contribution in [0.2, 0.25) is 0 Å². The Labute approximate surface area is 93.5 Å². The Morgan fingerprint density at radius 3 is 1.71 bits per heavy atom. The van der Waals surface area contributed by atoms with E-state index in [0.717, 1.165) is 0 Å². The van der Waals surface area contributed by atoms with E-state index in [9.17, 15) is 0 Å². The number of halogens is 2. The molecule has 0 heterocycles. The van der Waals surface area contributed by atoms with Crippen LogP contribution in [0, 0.1) is 13.7 Å². The molecule has 0 atom stereocenters. The summed E-state index contributed by atoms with van der Waals surface area (Å²) in [6.07, 6.45) is 0. The third-order valence-electron chi connectivity index (χ3n) is 0.167. The van der Waals surface area contributed by atoms with Gasteiger partial charge in [-0.05, 0) is 0 Å². The summed E-state index contributed by atoms with van der Waals surface area (Å²) < 4.78 is 4.17. The van der Waals surface area contributed by atoms with E-state index in [4.69, 9.17) is 0 Å². The summed E-state index contributed by atoms with van der Waals surface area (Å²) in [5.41, 5.74) is 0. The van der Waals surface area contributed by atoms with Gasteiger partial charge in [-0.3, -0.25) is 13.7 Å². The second-order valence-electron chi connectivity index (χ2n) is 0.402. The van der Waals surface area contributed by atoms with Crippen molar-refractivity contribution in [3.05, 3.63) is 13.7 Å². The fourth-order valence-electron chi connectivity index (χ4n) is 0. The smallest absolute Gasteiger partial charge is 0 e. The molecular weight excluding hydrogens is 395 g/mol. The van der Waals surface area contributed by atoms with Gasteiger partial charge in [0.05, 0.1) is 0 Å². The average Bonchev–Trinajstić information content (AvgIpc) is 1.72. The molecule has 0 aliphatic heterocycles. The Bertz CT molecular complexity index is 14.9. The van der Waals surface area contributed by atoms with E-state index in [1.165, 1.54) is 6.61 Å². The molecule has 0 rings (SSSR count). The van der Waals surface area contributed by atoms with E-state index in [0.29, 0.717) is 0 Å². The molecular formula is C3H6I2OY-2. The monoisotopic (exact) mass is 401 g/mol. The number of hydrogen-bond acceptors (Lipinski definition) is 1. The van der Waals surface area contributed by atoms with Crippen LogP contribution >= 0.6 is 37.2 Å². The van der Waals surface area contributed by atoms with Gasteiger partial charge < -0.3 is 4.74 Å². The van der Waals surface area contributed by atoms with Gasteiger partial charge in [0.2, 0.25) is 0 Å². The third kappa shape index (κ3) is 29.2. The van der Waals surface area contributed by atoms with Crippen LogP contribution in [0.15, 0.2) is 0 Å². The zero-order valence-electron chi connectivity index (χ0n) is 4.03.